The predicted octanol–water partition coefficient (Wildman–Crippen LogP) is 2.87. The lowest BCUT2D eigenvalue weighted by Crippen LogP contribution is -2.07. The molecule has 142 valence electrons. The Morgan fingerprint density at radius 1 is 1.21 bits per heavy atom. The van der Waals surface area contributed by atoms with Crippen molar-refractivity contribution in [3.63, 3.8) is 0 Å². The maximum Gasteiger partial charge on any atom is 0.363 e. The third kappa shape index (κ3) is 4.04. The summed E-state index contributed by atoms with van der Waals surface area (Å²) < 4.78 is 15.3. The van der Waals surface area contributed by atoms with Gasteiger partial charge in [-0.15, -0.1) is 0 Å². The van der Waals surface area contributed by atoms with E-state index < -0.39 is 16.9 Å². The molecule has 0 atom stereocenters. The molecule has 1 aliphatic rings. The van der Waals surface area contributed by atoms with E-state index in [-0.39, 0.29) is 28.6 Å². The number of nitro benzene ring substituents is 1. The number of ether oxygens (including phenoxy) is 3. The van der Waals surface area contributed by atoms with Gasteiger partial charge in [-0.25, -0.2) is 9.79 Å². The minimum absolute atomic E-state index is 0.0174. The van der Waals surface area contributed by atoms with Crippen LogP contribution in [0.25, 0.3) is 6.08 Å². The first kappa shape index (κ1) is 18.8. The van der Waals surface area contributed by atoms with Gasteiger partial charge >= 0.3 is 11.9 Å². The normalized spacial score (nSPS) is 14.4. The fraction of sp³-hybridized carbons (Fsp3) is 0.105. The molecule has 1 heterocycles. The van der Waals surface area contributed by atoms with E-state index in [0.29, 0.717) is 11.3 Å². The highest BCUT2D eigenvalue weighted by Gasteiger charge is 2.27. The summed E-state index contributed by atoms with van der Waals surface area (Å²) in [4.78, 5) is 37.7. The average molecular weight is 382 g/mol. The molecule has 28 heavy (non-hydrogen) atoms. The van der Waals surface area contributed by atoms with E-state index in [9.17, 15) is 19.7 Å². The van der Waals surface area contributed by atoms with Crippen molar-refractivity contribution < 1.29 is 28.7 Å². The highest BCUT2D eigenvalue weighted by Crippen LogP contribution is 2.28. The highest BCUT2D eigenvalue weighted by molar-refractivity contribution is 6.14. The number of hydrogen-bond donors (Lipinski definition) is 0. The molecule has 2 aromatic carbocycles. The molecule has 9 heteroatoms. The van der Waals surface area contributed by atoms with Crippen molar-refractivity contribution in [2.24, 2.45) is 4.99 Å². The van der Waals surface area contributed by atoms with E-state index in [4.69, 9.17) is 14.2 Å². The molecule has 1 aliphatic heterocycles. The van der Waals surface area contributed by atoms with Crippen molar-refractivity contribution in [2.45, 2.75) is 6.92 Å². The summed E-state index contributed by atoms with van der Waals surface area (Å²) in [6, 6.07) is 10.3. The van der Waals surface area contributed by atoms with Gasteiger partial charge in [0.1, 0.15) is 11.5 Å². The molecule has 2 aromatic rings. The smallest absolute Gasteiger partial charge is 0.363 e. The number of hydrogen-bond acceptors (Lipinski definition) is 8. The molecular weight excluding hydrogens is 368 g/mol. The van der Waals surface area contributed by atoms with Gasteiger partial charge in [-0.05, 0) is 29.8 Å². The summed E-state index contributed by atoms with van der Waals surface area (Å²) >= 11 is 0. The van der Waals surface area contributed by atoms with Crippen LogP contribution in [0.2, 0.25) is 0 Å². The first-order valence-corrected chi connectivity index (χ1v) is 8.01. The Bertz CT molecular complexity index is 1020. The van der Waals surface area contributed by atoms with Crippen LogP contribution in [0.15, 0.2) is 53.2 Å². The van der Waals surface area contributed by atoms with Crippen LogP contribution in [0.1, 0.15) is 18.1 Å². The summed E-state index contributed by atoms with van der Waals surface area (Å²) in [7, 11) is 1.39. The van der Waals surface area contributed by atoms with Gasteiger partial charge in [-0.1, -0.05) is 12.1 Å². The first-order chi connectivity index (χ1) is 13.4. The Kier molecular flexibility index (Phi) is 5.16. The van der Waals surface area contributed by atoms with Crippen molar-refractivity contribution in [3.05, 3.63) is 69.4 Å². The summed E-state index contributed by atoms with van der Waals surface area (Å²) in [5.41, 5.74) is 0.648. The molecular formula is C19H14N2O7. The largest absolute Gasteiger partial charge is 0.496 e. The van der Waals surface area contributed by atoms with Crippen molar-refractivity contribution >= 4 is 29.6 Å². The first-order valence-electron chi connectivity index (χ1n) is 8.01. The van der Waals surface area contributed by atoms with Crippen LogP contribution in [-0.2, 0) is 14.3 Å². The van der Waals surface area contributed by atoms with Crippen LogP contribution in [-0.4, -0.2) is 29.9 Å². The third-order valence-corrected chi connectivity index (χ3v) is 3.69. The van der Waals surface area contributed by atoms with Crippen LogP contribution in [0.5, 0.6) is 11.5 Å². The Balaban J connectivity index is 1.92. The summed E-state index contributed by atoms with van der Waals surface area (Å²) in [6.07, 6.45) is 1.48. The topological polar surface area (TPSA) is 117 Å². The summed E-state index contributed by atoms with van der Waals surface area (Å²) in [5, 5.41) is 11.0. The zero-order valence-corrected chi connectivity index (χ0v) is 14.9. The van der Waals surface area contributed by atoms with Crippen molar-refractivity contribution in [1.29, 1.82) is 0 Å². The molecule has 3 rings (SSSR count). The molecule has 0 saturated carbocycles. The summed E-state index contributed by atoms with van der Waals surface area (Å²) in [6.45, 7) is 1.29. The Hall–Kier alpha value is -4.01. The van der Waals surface area contributed by atoms with Crippen molar-refractivity contribution in [1.82, 2.24) is 0 Å². The molecule has 0 bridgehead atoms. The molecule has 0 amide bonds. The zero-order chi connectivity index (χ0) is 20.3. The second-order valence-electron chi connectivity index (χ2n) is 5.64. The van der Waals surface area contributed by atoms with Crippen molar-refractivity contribution in [3.8, 4) is 11.5 Å². The van der Waals surface area contributed by atoms with E-state index in [1.54, 1.807) is 24.3 Å². The highest BCUT2D eigenvalue weighted by atomic mass is 16.6. The number of nitro groups is 1. The lowest BCUT2D eigenvalue weighted by molar-refractivity contribution is -0.384. The standard InChI is InChI=1S/C19H14N2O7/c1-11(22)27-14-6-3-12(4-7-14)9-16-19(23)28-18(20-16)15-10-13(21(24)25)5-8-17(15)26-2/h3-10H,1-2H3. The Morgan fingerprint density at radius 3 is 2.54 bits per heavy atom. The maximum absolute atomic E-state index is 12.1. The van der Waals surface area contributed by atoms with Gasteiger partial charge in [0, 0.05) is 19.1 Å². The quantitative estimate of drug-likeness (QED) is 0.256. The molecule has 9 nitrogen and oxygen atoms in total. The number of carbonyl (C=O) groups is 2. The molecule has 0 aromatic heterocycles. The number of rotatable bonds is 5. The number of carbonyl (C=O) groups excluding carboxylic acids is 2. The van der Waals surface area contributed by atoms with Gasteiger partial charge in [0.25, 0.3) is 5.69 Å². The molecule has 0 aliphatic carbocycles. The second kappa shape index (κ2) is 7.70. The van der Waals surface area contributed by atoms with Gasteiger partial charge in [0.15, 0.2) is 5.70 Å². The molecule has 0 saturated heterocycles. The monoisotopic (exact) mass is 382 g/mol. The number of benzene rings is 2. The van der Waals surface area contributed by atoms with Gasteiger partial charge in [-0.3, -0.25) is 14.9 Å². The third-order valence-electron chi connectivity index (χ3n) is 3.69. The Labute approximate surface area is 159 Å². The van der Waals surface area contributed by atoms with Crippen LogP contribution >= 0.6 is 0 Å². The predicted molar refractivity (Wildman–Crippen MR) is 98.0 cm³/mol. The van der Waals surface area contributed by atoms with Gasteiger partial charge in [0.2, 0.25) is 5.90 Å². The minimum Gasteiger partial charge on any atom is -0.496 e. The second-order valence-corrected chi connectivity index (χ2v) is 5.64. The van der Waals surface area contributed by atoms with Crippen LogP contribution in [0.4, 0.5) is 5.69 Å². The molecule has 0 unspecified atom stereocenters. The van der Waals surface area contributed by atoms with Crippen LogP contribution in [0, 0.1) is 10.1 Å². The minimum atomic E-state index is -0.701. The number of non-ortho nitro benzene ring substituents is 1. The molecule has 0 radical (unpaired) electrons. The van der Waals surface area contributed by atoms with E-state index in [1.807, 2.05) is 0 Å². The zero-order valence-electron chi connectivity index (χ0n) is 14.9. The average Bonchev–Trinajstić information content (AvgIpc) is 3.02. The molecule has 0 fully saturated rings. The maximum atomic E-state index is 12.1. The fourth-order valence-corrected chi connectivity index (χ4v) is 2.46. The van der Waals surface area contributed by atoms with E-state index in [1.165, 1.54) is 38.3 Å². The van der Waals surface area contributed by atoms with E-state index >= 15 is 0 Å². The van der Waals surface area contributed by atoms with Gasteiger partial charge < -0.3 is 14.2 Å². The van der Waals surface area contributed by atoms with E-state index in [2.05, 4.69) is 4.99 Å². The van der Waals surface area contributed by atoms with E-state index in [0.717, 1.165) is 0 Å². The molecule has 0 spiro atoms. The fourth-order valence-electron chi connectivity index (χ4n) is 2.46. The number of esters is 2. The molecule has 0 N–H and O–H groups in total. The lowest BCUT2D eigenvalue weighted by atomic mass is 10.1. The van der Waals surface area contributed by atoms with Gasteiger partial charge in [-0.2, -0.15) is 0 Å². The Morgan fingerprint density at radius 2 is 1.93 bits per heavy atom. The SMILES string of the molecule is COc1ccc([N+](=O)[O-])cc1C1=NC(=Cc2ccc(OC(C)=O)cc2)C(=O)O1. The number of cyclic esters (lactones) is 1. The number of aliphatic imine (C=N–C) groups is 1. The van der Waals surface area contributed by atoms with Crippen LogP contribution < -0.4 is 9.47 Å². The number of methoxy groups -OCH3 is 1. The van der Waals surface area contributed by atoms with Crippen molar-refractivity contribution in [2.75, 3.05) is 7.11 Å². The summed E-state index contributed by atoms with van der Waals surface area (Å²) in [5.74, 6) is -0.579. The van der Waals surface area contributed by atoms with Gasteiger partial charge in [0.05, 0.1) is 17.6 Å². The van der Waals surface area contributed by atoms with Crippen LogP contribution in [0.3, 0.4) is 0 Å². The lowest BCUT2D eigenvalue weighted by Gasteiger charge is -2.06. The number of nitrogens with zero attached hydrogens (tertiary/aromatic N) is 2.